The first-order valence-electron chi connectivity index (χ1n) is 3.40. The molecule has 0 aliphatic rings. The van der Waals surface area contributed by atoms with Crippen molar-refractivity contribution in [3.8, 4) is 0 Å². The highest BCUT2D eigenvalue weighted by Gasteiger charge is 2.05. The van der Waals surface area contributed by atoms with Crippen molar-refractivity contribution in [1.29, 1.82) is 0 Å². The van der Waals surface area contributed by atoms with Crippen LogP contribution in [-0.4, -0.2) is 4.98 Å². The number of nitrogen functional groups attached to an aromatic ring is 1. The molecule has 0 fully saturated rings. The van der Waals surface area contributed by atoms with E-state index < -0.39 is 0 Å². The lowest BCUT2D eigenvalue weighted by Gasteiger charge is -1.94. The molecule has 0 saturated carbocycles. The number of nitrogens with two attached hydrogens (primary N) is 1. The highest BCUT2D eigenvalue weighted by atomic mass is 35.5. The van der Waals surface area contributed by atoms with Crippen LogP contribution in [-0.2, 0) is 0 Å². The predicted molar refractivity (Wildman–Crippen MR) is 47.7 cm³/mol. The van der Waals surface area contributed by atoms with E-state index in [1.54, 1.807) is 6.20 Å². The van der Waals surface area contributed by atoms with Gasteiger partial charge in [-0.25, -0.2) is 4.39 Å². The third-order valence-corrected chi connectivity index (χ3v) is 2.04. The van der Waals surface area contributed by atoms with Crippen LogP contribution in [0.15, 0.2) is 18.3 Å². The second-order valence-corrected chi connectivity index (χ2v) is 2.96. The molecule has 0 radical (unpaired) electrons. The van der Waals surface area contributed by atoms with Crippen LogP contribution in [0.1, 0.15) is 0 Å². The van der Waals surface area contributed by atoms with Gasteiger partial charge in [0.25, 0.3) is 0 Å². The fraction of sp³-hybridized carbons (Fsp3) is 0. The molecule has 2 rings (SSSR count). The highest BCUT2D eigenvalue weighted by Crippen LogP contribution is 2.27. The number of aromatic nitrogens is 1. The van der Waals surface area contributed by atoms with Crippen LogP contribution in [0.3, 0.4) is 0 Å². The molecule has 1 aromatic heterocycles. The van der Waals surface area contributed by atoms with Crippen LogP contribution in [0.5, 0.6) is 0 Å². The first kappa shape index (κ1) is 7.43. The fourth-order valence-electron chi connectivity index (χ4n) is 1.18. The van der Waals surface area contributed by atoms with Gasteiger partial charge in [0.15, 0.2) is 0 Å². The molecule has 0 aliphatic carbocycles. The van der Waals surface area contributed by atoms with Crippen molar-refractivity contribution >= 4 is 28.2 Å². The molecule has 3 N–H and O–H groups in total. The Balaban J connectivity index is 2.92. The maximum absolute atomic E-state index is 12.8. The van der Waals surface area contributed by atoms with Crippen LogP contribution in [0.25, 0.3) is 10.9 Å². The summed E-state index contributed by atoms with van der Waals surface area (Å²) >= 11 is 5.75. The Morgan fingerprint density at radius 1 is 1.42 bits per heavy atom. The van der Waals surface area contributed by atoms with Gasteiger partial charge in [-0.05, 0) is 12.1 Å². The largest absolute Gasteiger partial charge is 0.397 e. The number of nitrogens with one attached hydrogen (secondary N) is 1. The van der Waals surface area contributed by atoms with Gasteiger partial charge in [0.2, 0.25) is 0 Å². The minimum absolute atomic E-state index is 0.349. The van der Waals surface area contributed by atoms with Gasteiger partial charge in [-0.1, -0.05) is 11.6 Å². The second kappa shape index (κ2) is 2.38. The van der Waals surface area contributed by atoms with Gasteiger partial charge in [0.1, 0.15) is 5.82 Å². The van der Waals surface area contributed by atoms with E-state index in [2.05, 4.69) is 4.98 Å². The molecule has 0 amide bonds. The number of benzene rings is 1. The highest BCUT2D eigenvalue weighted by molar-refractivity contribution is 6.35. The van der Waals surface area contributed by atoms with Gasteiger partial charge in [0, 0.05) is 11.6 Å². The van der Waals surface area contributed by atoms with Crippen molar-refractivity contribution in [3.63, 3.8) is 0 Å². The first-order chi connectivity index (χ1) is 5.68. The zero-order chi connectivity index (χ0) is 8.72. The molecule has 0 bridgehead atoms. The minimum atomic E-state index is -0.376. The number of hydrogen-bond acceptors (Lipinski definition) is 1. The molecule has 0 spiro atoms. The topological polar surface area (TPSA) is 41.8 Å². The van der Waals surface area contributed by atoms with E-state index in [0.717, 1.165) is 0 Å². The summed E-state index contributed by atoms with van der Waals surface area (Å²) < 4.78 is 12.8. The normalized spacial score (nSPS) is 10.8. The average Bonchev–Trinajstić information content (AvgIpc) is 2.33. The SMILES string of the molecule is Nc1c[nH]c2c(Cl)cc(F)cc12. The fourth-order valence-corrected chi connectivity index (χ4v) is 1.44. The number of H-pyrrole nitrogens is 1. The monoisotopic (exact) mass is 184 g/mol. The predicted octanol–water partition coefficient (Wildman–Crippen LogP) is 2.54. The lowest BCUT2D eigenvalue weighted by atomic mass is 10.2. The Hall–Kier alpha value is -1.22. The number of hydrogen-bond donors (Lipinski definition) is 2. The van der Waals surface area contributed by atoms with Crippen LogP contribution >= 0.6 is 11.6 Å². The van der Waals surface area contributed by atoms with Crippen LogP contribution in [0.2, 0.25) is 5.02 Å². The molecule has 0 unspecified atom stereocenters. The Kier molecular flexibility index (Phi) is 1.48. The van der Waals surface area contributed by atoms with E-state index in [1.807, 2.05) is 0 Å². The second-order valence-electron chi connectivity index (χ2n) is 2.55. The standard InChI is InChI=1S/C8H6ClFN2/c9-6-2-4(10)1-5-7(11)3-12-8(5)6/h1-3,12H,11H2. The van der Waals surface area contributed by atoms with Gasteiger partial charge >= 0.3 is 0 Å². The Bertz CT molecular complexity index is 436. The molecular weight excluding hydrogens is 179 g/mol. The van der Waals surface area contributed by atoms with Crippen LogP contribution < -0.4 is 5.73 Å². The van der Waals surface area contributed by atoms with Crippen molar-refractivity contribution in [3.05, 3.63) is 29.2 Å². The summed E-state index contributed by atoms with van der Waals surface area (Å²) in [5.74, 6) is -0.376. The summed E-state index contributed by atoms with van der Waals surface area (Å²) in [7, 11) is 0. The lowest BCUT2D eigenvalue weighted by Crippen LogP contribution is -1.81. The van der Waals surface area contributed by atoms with Gasteiger partial charge in [-0.15, -0.1) is 0 Å². The molecule has 1 heterocycles. The Morgan fingerprint density at radius 2 is 2.17 bits per heavy atom. The van der Waals surface area contributed by atoms with E-state index >= 15 is 0 Å². The van der Waals surface area contributed by atoms with Crippen molar-refractivity contribution in [1.82, 2.24) is 4.98 Å². The number of anilines is 1. The summed E-state index contributed by atoms with van der Waals surface area (Å²) in [5, 5.41) is 0.974. The van der Waals surface area contributed by atoms with Crippen molar-refractivity contribution in [2.45, 2.75) is 0 Å². The maximum Gasteiger partial charge on any atom is 0.125 e. The summed E-state index contributed by atoms with van der Waals surface area (Å²) in [6.45, 7) is 0. The molecule has 0 saturated heterocycles. The van der Waals surface area contributed by atoms with E-state index in [-0.39, 0.29) is 5.82 Å². The molecule has 2 aromatic rings. The molecule has 62 valence electrons. The molecular formula is C8H6ClFN2. The lowest BCUT2D eigenvalue weighted by molar-refractivity contribution is 0.630. The van der Waals surface area contributed by atoms with E-state index in [9.17, 15) is 4.39 Å². The van der Waals surface area contributed by atoms with E-state index in [1.165, 1.54) is 12.1 Å². The number of rotatable bonds is 0. The number of halogens is 2. The van der Waals surface area contributed by atoms with Crippen molar-refractivity contribution in [2.24, 2.45) is 0 Å². The molecule has 1 aromatic carbocycles. The number of fused-ring (bicyclic) bond motifs is 1. The maximum atomic E-state index is 12.8. The zero-order valence-electron chi connectivity index (χ0n) is 6.07. The molecule has 0 atom stereocenters. The summed E-state index contributed by atoms with van der Waals surface area (Å²) in [6, 6.07) is 2.60. The summed E-state index contributed by atoms with van der Waals surface area (Å²) in [6.07, 6.45) is 1.59. The first-order valence-corrected chi connectivity index (χ1v) is 3.78. The summed E-state index contributed by atoms with van der Waals surface area (Å²) in [4.78, 5) is 2.86. The van der Waals surface area contributed by atoms with Crippen LogP contribution in [0, 0.1) is 5.82 Å². The Morgan fingerprint density at radius 3 is 2.92 bits per heavy atom. The van der Waals surface area contributed by atoms with Gasteiger partial charge < -0.3 is 10.7 Å². The average molecular weight is 185 g/mol. The number of aromatic amines is 1. The van der Waals surface area contributed by atoms with Crippen LogP contribution in [0.4, 0.5) is 10.1 Å². The smallest absolute Gasteiger partial charge is 0.125 e. The molecule has 12 heavy (non-hydrogen) atoms. The zero-order valence-corrected chi connectivity index (χ0v) is 6.82. The third-order valence-electron chi connectivity index (χ3n) is 1.74. The molecule has 0 aliphatic heterocycles. The Labute approximate surface area is 73.1 Å². The van der Waals surface area contributed by atoms with Gasteiger partial charge in [0.05, 0.1) is 16.2 Å². The third kappa shape index (κ3) is 0.940. The minimum Gasteiger partial charge on any atom is -0.397 e. The molecule has 2 nitrogen and oxygen atoms in total. The van der Waals surface area contributed by atoms with E-state index in [0.29, 0.717) is 21.6 Å². The van der Waals surface area contributed by atoms with Gasteiger partial charge in [-0.3, -0.25) is 0 Å². The van der Waals surface area contributed by atoms with Crippen molar-refractivity contribution < 1.29 is 4.39 Å². The van der Waals surface area contributed by atoms with Gasteiger partial charge in [-0.2, -0.15) is 0 Å². The van der Waals surface area contributed by atoms with E-state index in [4.69, 9.17) is 17.3 Å². The summed E-state index contributed by atoms with van der Waals surface area (Å²) in [5.41, 5.74) is 6.74. The van der Waals surface area contributed by atoms with Crippen molar-refractivity contribution in [2.75, 3.05) is 5.73 Å². The quantitative estimate of drug-likeness (QED) is 0.649. The molecule has 4 heteroatoms.